The monoisotopic (exact) mass is 328 g/mol. The molecule has 0 bridgehead atoms. The molecule has 1 aromatic heterocycles. The molecule has 0 saturated carbocycles. The van der Waals surface area contributed by atoms with Gasteiger partial charge in [-0.25, -0.2) is 8.78 Å². The fourth-order valence-corrected chi connectivity index (χ4v) is 2.74. The molecular formula is C19H18F2N2O. The van der Waals surface area contributed by atoms with Crippen molar-refractivity contribution in [3.8, 4) is 0 Å². The molecule has 0 fully saturated rings. The molecule has 0 unspecified atom stereocenters. The fraction of sp³-hybridized carbons (Fsp3) is 0.211. The van der Waals surface area contributed by atoms with Crippen LogP contribution in [0.5, 0.6) is 0 Å². The Morgan fingerprint density at radius 3 is 2.46 bits per heavy atom. The number of aromatic amines is 1. The number of nitrogens with one attached hydrogen (secondary N) is 2. The summed E-state index contributed by atoms with van der Waals surface area (Å²) in [5.74, 6) is -0.839. The van der Waals surface area contributed by atoms with Crippen LogP contribution >= 0.6 is 0 Å². The summed E-state index contributed by atoms with van der Waals surface area (Å²) in [4.78, 5) is 15.7. The number of rotatable bonds is 4. The molecule has 0 spiro atoms. The molecule has 0 aliphatic rings. The van der Waals surface area contributed by atoms with Gasteiger partial charge in [0.05, 0.1) is 5.41 Å². The third-order valence-electron chi connectivity index (χ3n) is 4.25. The summed E-state index contributed by atoms with van der Waals surface area (Å²) >= 11 is 0. The Morgan fingerprint density at radius 2 is 1.75 bits per heavy atom. The molecule has 3 nitrogen and oxygen atoms in total. The van der Waals surface area contributed by atoms with Gasteiger partial charge in [-0.15, -0.1) is 0 Å². The van der Waals surface area contributed by atoms with Crippen molar-refractivity contribution in [1.29, 1.82) is 0 Å². The van der Waals surface area contributed by atoms with Gasteiger partial charge < -0.3 is 10.3 Å². The Balaban J connectivity index is 1.81. The molecule has 24 heavy (non-hydrogen) atoms. The van der Waals surface area contributed by atoms with Gasteiger partial charge in [0, 0.05) is 23.6 Å². The molecule has 124 valence electrons. The summed E-state index contributed by atoms with van der Waals surface area (Å²) in [5.41, 5.74) is 1.48. The molecule has 2 aromatic carbocycles. The third kappa shape index (κ3) is 3.02. The van der Waals surface area contributed by atoms with Crippen molar-refractivity contribution in [1.82, 2.24) is 10.3 Å². The average Bonchev–Trinajstić information content (AvgIpc) is 2.97. The lowest BCUT2D eigenvalue weighted by molar-refractivity contribution is -0.125. The summed E-state index contributed by atoms with van der Waals surface area (Å²) in [5, 5.41) is 3.55. The number of benzene rings is 2. The van der Waals surface area contributed by atoms with Crippen molar-refractivity contribution in [2.45, 2.75) is 25.8 Å². The van der Waals surface area contributed by atoms with E-state index in [0.29, 0.717) is 11.9 Å². The van der Waals surface area contributed by atoms with Gasteiger partial charge in [-0.3, -0.25) is 4.79 Å². The highest BCUT2D eigenvalue weighted by atomic mass is 19.1. The minimum atomic E-state index is -0.841. The molecule has 1 amide bonds. The third-order valence-corrected chi connectivity index (χ3v) is 4.25. The summed E-state index contributed by atoms with van der Waals surface area (Å²) in [6, 6.07) is 10.4. The lowest BCUT2D eigenvalue weighted by Crippen LogP contribution is -2.39. The Morgan fingerprint density at radius 1 is 1.08 bits per heavy atom. The molecule has 0 atom stereocenters. The fourth-order valence-electron chi connectivity index (χ4n) is 2.74. The van der Waals surface area contributed by atoms with Crippen molar-refractivity contribution >= 4 is 16.8 Å². The largest absolute Gasteiger partial charge is 0.361 e. The molecule has 0 saturated heterocycles. The second-order valence-electron chi connectivity index (χ2n) is 6.33. The van der Waals surface area contributed by atoms with Gasteiger partial charge in [0.1, 0.15) is 11.6 Å². The van der Waals surface area contributed by atoms with E-state index in [2.05, 4.69) is 10.3 Å². The predicted molar refractivity (Wildman–Crippen MR) is 89.5 cm³/mol. The molecule has 5 heteroatoms. The van der Waals surface area contributed by atoms with Crippen molar-refractivity contribution in [3.05, 3.63) is 71.4 Å². The molecule has 0 radical (unpaired) electrons. The van der Waals surface area contributed by atoms with Crippen LogP contribution in [0, 0.1) is 11.6 Å². The highest BCUT2D eigenvalue weighted by Gasteiger charge is 2.32. The number of halogens is 2. The van der Waals surface area contributed by atoms with E-state index in [1.807, 2.05) is 0 Å². The van der Waals surface area contributed by atoms with Crippen LogP contribution in [-0.4, -0.2) is 10.9 Å². The van der Waals surface area contributed by atoms with Crippen molar-refractivity contribution in [2.24, 2.45) is 0 Å². The van der Waals surface area contributed by atoms with E-state index in [1.54, 1.807) is 38.2 Å². The number of carbonyl (C=O) groups is 1. The first-order chi connectivity index (χ1) is 11.4. The SMILES string of the molecule is CC(C)(C(=O)NCc1ccc(F)cc1)c1c[nH]c2ccc(F)cc12. The van der Waals surface area contributed by atoms with Crippen LogP contribution in [0.3, 0.4) is 0 Å². The van der Waals surface area contributed by atoms with Gasteiger partial charge in [-0.05, 0) is 55.3 Å². The summed E-state index contributed by atoms with van der Waals surface area (Å²) in [6.45, 7) is 3.89. The van der Waals surface area contributed by atoms with Crippen molar-refractivity contribution < 1.29 is 13.6 Å². The minimum Gasteiger partial charge on any atom is -0.361 e. The van der Waals surface area contributed by atoms with Gasteiger partial charge in [0.25, 0.3) is 0 Å². The molecule has 3 rings (SSSR count). The topological polar surface area (TPSA) is 44.9 Å². The molecule has 2 N–H and O–H groups in total. The number of carbonyl (C=O) groups excluding carboxylic acids is 1. The number of aromatic nitrogens is 1. The zero-order chi connectivity index (χ0) is 17.3. The number of fused-ring (bicyclic) bond motifs is 1. The van der Waals surface area contributed by atoms with E-state index < -0.39 is 5.41 Å². The minimum absolute atomic E-state index is 0.183. The van der Waals surface area contributed by atoms with Crippen LogP contribution in [0.1, 0.15) is 25.0 Å². The second kappa shape index (κ2) is 6.07. The number of amides is 1. The van der Waals surface area contributed by atoms with Crippen LogP contribution in [0.15, 0.2) is 48.7 Å². The summed E-state index contributed by atoms with van der Waals surface area (Å²) in [6.07, 6.45) is 1.74. The Kier molecular flexibility index (Phi) is 4.09. The van der Waals surface area contributed by atoms with Gasteiger partial charge >= 0.3 is 0 Å². The Bertz CT molecular complexity index is 882. The normalized spacial score (nSPS) is 11.7. The number of hydrogen-bond donors (Lipinski definition) is 2. The highest BCUT2D eigenvalue weighted by molar-refractivity contribution is 5.94. The molecule has 0 aliphatic carbocycles. The smallest absolute Gasteiger partial charge is 0.230 e. The van der Waals surface area contributed by atoms with Crippen LogP contribution < -0.4 is 5.32 Å². The van der Waals surface area contributed by atoms with Gasteiger partial charge in [0.15, 0.2) is 0 Å². The van der Waals surface area contributed by atoms with Crippen LogP contribution in [0.25, 0.3) is 10.9 Å². The number of H-pyrrole nitrogens is 1. The maximum atomic E-state index is 13.5. The lowest BCUT2D eigenvalue weighted by Gasteiger charge is -2.23. The maximum Gasteiger partial charge on any atom is 0.230 e. The van der Waals surface area contributed by atoms with Crippen LogP contribution in [-0.2, 0) is 16.8 Å². The lowest BCUT2D eigenvalue weighted by atomic mass is 9.83. The van der Waals surface area contributed by atoms with E-state index in [-0.39, 0.29) is 17.5 Å². The first kappa shape index (κ1) is 16.2. The standard InChI is InChI=1S/C19H18F2N2O/c1-19(2,16-11-22-17-8-7-14(21)9-15(16)17)18(24)23-10-12-3-5-13(20)6-4-12/h3-9,11,22H,10H2,1-2H3,(H,23,24). The second-order valence-corrected chi connectivity index (χ2v) is 6.33. The van der Waals surface area contributed by atoms with E-state index >= 15 is 0 Å². The Hall–Kier alpha value is -2.69. The first-order valence-electron chi connectivity index (χ1n) is 7.68. The van der Waals surface area contributed by atoms with Crippen molar-refractivity contribution in [3.63, 3.8) is 0 Å². The van der Waals surface area contributed by atoms with E-state index in [0.717, 1.165) is 16.6 Å². The van der Waals surface area contributed by atoms with E-state index in [1.165, 1.54) is 24.3 Å². The molecule has 0 aliphatic heterocycles. The van der Waals surface area contributed by atoms with E-state index in [4.69, 9.17) is 0 Å². The van der Waals surface area contributed by atoms with E-state index in [9.17, 15) is 13.6 Å². The zero-order valence-corrected chi connectivity index (χ0v) is 13.5. The highest BCUT2D eigenvalue weighted by Crippen LogP contribution is 2.31. The van der Waals surface area contributed by atoms with Gasteiger partial charge in [-0.1, -0.05) is 12.1 Å². The summed E-state index contributed by atoms with van der Waals surface area (Å²) < 4.78 is 26.5. The van der Waals surface area contributed by atoms with Gasteiger partial charge in [0.2, 0.25) is 5.91 Å². The quantitative estimate of drug-likeness (QED) is 0.746. The van der Waals surface area contributed by atoms with Crippen molar-refractivity contribution in [2.75, 3.05) is 0 Å². The van der Waals surface area contributed by atoms with Crippen LogP contribution in [0.2, 0.25) is 0 Å². The van der Waals surface area contributed by atoms with Crippen LogP contribution in [0.4, 0.5) is 8.78 Å². The van der Waals surface area contributed by atoms with Gasteiger partial charge in [-0.2, -0.15) is 0 Å². The number of hydrogen-bond acceptors (Lipinski definition) is 1. The molecular weight excluding hydrogens is 310 g/mol. The molecule has 1 heterocycles. The zero-order valence-electron chi connectivity index (χ0n) is 13.5. The predicted octanol–water partition coefficient (Wildman–Crippen LogP) is 4.04. The Labute approximate surface area is 138 Å². The molecule has 3 aromatic rings. The average molecular weight is 328 g/mol. The maximum absolute atomic E-state index is 13.5. The first-order valence-corrected chi connectivity index (χ1v) is 7.68. The summed E-state index contributed by atoms with van der Waals surface area (Å²) in [7, 11) is 0.